The molecule has 1 N–H and O–H groups in total. The lowest BCUT2D eigenvalue weighted by Gasteiger charge is -2.07. The molecule has 3 aromatic rings. The highest BCUT2D eigenvalue weighted by molar-refractivity contribution is 6.33. The number of aromatic nitrogens is 1. The third-order valence-corrected chi connectivity index (χ3v) is 3.69. The normalized spacial score (nSPS) is 10.6. The Labute approximate surface area is 159 Å². The van der Waals surface area contributed by atoms with Crippen LogP contribution in [0.4, 0.5) is 11.4 Å². The number of pyridine rings is 1. The molecule has 27 heavy (non-hydrogen) atoms. The largest absolute Gasteiger partial charge is 0.364 e. The van der Waals surface area contributed by atoms with Crippen LogP contribution in [-0.4, -0.2) is 16.9 Å². The average Bonchev–Trinajstić information content (AvgIpc) is 2.72. The summed E-state index contributed by atoms with van der Waals surface area (Å²) in [6, 6.07) is 18.0. The number of carbonyl (C=O) groups excluding carboxylic acids is 2. The lowest BCUT2D eigenvalue weighted by atomic mass is 10.2. The number of amides is 1. The first-order chi connectivity index (χ1) is 13.1. The third-order valence-electron chi connectivity index (χ3n) is 3.36. The van der Waals surface area contributed by atoms with Gasteiger partial charge in [0.05, 0.1) is 22.0 Å². The number of nitrogens with zero attached hydrogens (tertiary/aromatic N) is 3. The fourth-order valence-electron chi connectivity index (χ4n) is 2.03. The van der Waals surface area contributed by atoms with Crippen LogP contribution < -0.4 is 5.48 Å². The maximum absolute atomic E-state index is 12.0. The number of rotatable bonds is 5. The fourth-order valence-corrected chi connectivity index (χ4v) is 2.24. The van der Waals surface area contributed by atoms with Gasteiger partial charge in [0.1, 0.15) is 5.69 Å². The molecule has 8 heteroatoms. The van der Waals surface area contributed by atoms with Crippen molar-refractivity contribution in [3.05, 3.63) is 89.2 Å². The number of azo groups is 1. The number of benzene rings is 2. The molecule has 0 spiro atoms. The van der Waals surface area contributed by atoms with Gasteiger partial charge in [-0.2, -0.15) is 0 Å². The maximum Gasteiger partial charge on any atom is 0.364 e. The molecule has 7 nitrogen and oxygen atoms in total. The van der Waals surface area contributed by atoms with Crippen molar-refractivity contribution in [3.8, 4) is 0 Å². The van der Waals surface area contributed by atoms with Gasteiger partial charge < -0.3 is 4.84 Å². The first kappa shape index (κ1) is 18.2. The van der Waals surface area contributed by atoms with E-state index >= 15 is 0 Å². The first-order valence-electron chi connectivity index (χ1n) is 7.82. The molecule has 0 aliphatic heterocycles. The highest BCUT2D eigenvalue weighted by atomic mass is 35.5. The summed E-state index contributed by atoms with van der Waals surface area (Å²) in [5, 5.41) is 7.78. The molecule has 0 saturated carbocycles. The number of nitrogens with one attached hydrogen (secondary N) is 1. The summed E-state index contributed by atoms with van der Waals surface area (Å²) in [5.74, 6) is -1.14. The molecule has 0 aliphatic carbocycles. The summed E-state index contributed by atoms with van der Waals surface area (Å²) in [6.45, 7) is 0. The molecule has 0 aliphatic rings. The van der Waals surface area contributed by atoms with Gasteiger partial charge in [-0.05, 0) is 48.5 Å². The zero-order chi connectivity index (χ0) is 19.1. The second-order valence-corrected chi connectivity index (χ2v) is 5.65. The topological polar surface area (TPSA) is 93.0 Å². The molecule has 0 radical (unpaired) electrons. The Morgan fingerprint density at radius 2 is 1.70 bits per heavy atom. The Morgan fingerprint density at radius 3 is 2.41 bits per heavy atom. The quantitative estimate of drug-likeness (QED) is 0.504. The molecular formula is C19H13ClN4O3. The standard InChI is InChI=1S/C19H13ClN4O3/c20-16-6-2-1-5-15(16)19(26)27-24-14-10-8-13(9-11-14)22-23-18(25)17-7-3-4-12-21-17/h1-12,24H. The van der Waals surface area contributed by atoms with E-state index in [4.69, 9.17) is 16.4 Å². The van der Waals surface area contributed by atoms with Crippen LogP contribution in [0.5, 0.6) is 0 Å². The predicted octanol–water partition coefficient (Wildman–Crippen LogP) is 4.84. The molecule has 0 fully saturated rings. The zero-order valence-corrected chi connectivity index (χ0v) is 14.6. The van der Waals surface area contributed by atoms with E-state index in [1.54, 1.807) is 66.7 Å². The molecule has 134 valence electrons. The third kappa shape index (κ3) is 4.96. The van der Waals surface area contributed by atoms with Crippen molar-refractivity contribution in [1.29, 1.82) is 0 Å². The minimum Gasteiger partial charge on any atom is -0.338 e. The summed E-state index contributed by atoms with van der Waals surface area (Å²) < 4.78 is 0. The molecule has 0 bridgehead atoms. The molecule has 0 atom stereocenters. The van der Waals surface area contributed by atoms with Crippen molar-refractivity contribution < 1.29 is 14.4 Å². The van der Waals surface area contributed by atoms with E-state index in [0.29, 0.717) is 16.4 Å². The van der Waals surface area contributed by atoms with Crippen LogP contribution in [0.2, 0.25) is 5.02 Å². The van der Waals surface area contributed by atoms with E-state index in [9.17, 15) is 9.59 Å². The van der Waals surface area contributed by atoms with Crippen molar-refractivity contribution in [1.82, 2.24) is 4.98 Å². The average molecular weight is 381 g/mol. The van der Waals surface area contributed by atoms with Gasteiger partial charge in [-0.3, -0.25) is 9.78 Å². The Kier molecular flexibility index (Phi) is 5.86. The summed E-state index contributed by atoms with van der Waals surface area (Å²) in [7, 11) is 0. The zero-order valence-electron chi connectivity index (χ0n) is 13.9. The Balaban J connectivity index is 1.57. The Morgan fingerprint density at radius 1 is 0.963 bits per heavy atom. The first-order valence-corrected chi connectivity index (χ1v) is 8.20. The summed E-state index contributed by atoms with van der Waals surface area (Å²) in [6.07, 6.45) is 1.51. The Bertz CT molecular complexity index is 976. The minimum atomic E-state index is -0.606. The number of hydrogen-bond acceptors (Lipinski definition) is 6. The molecule has 1 heterocycles. The molecule has 0 saturated heterocycles. The van der Waals surface area contributed by atoms with Gasteiger partial charge in [0.25, 0.3) is 0 Å². The van der Waals surface area contributed by atoms with Crippen molar-refractivity contribution in [2.45, 2.75) is 0 Å². The van der Waals surface area contributed by atoms with Gasteiger partial charge in [0.2, 0.25) is 0 Å². The van der Waals surface area contributed by atoms with Crippen LogP contribution in [-0.2, 0) is 4.84 Å². The number of anilines is 1. The van der Waals surface area contributed by atoms with Crippen LogP contribution in [0.25, 0.3) is 0 Å². The van der Waals surface area contributed by atoms with Crippen molar-refractivity contribution in [2.75, 3.05) is 5.48 Å². The van der Waals surface area contributed by atoms with E-state index in [1.807, 2.05) is 0 Å². The second-order valence-electron chi connectivity index (χ2n) is 5.24. The monoisotopic (exact) mass is 380 g/mol. The molecule has 2 aromatic carbocycles. The Hall–Kier alpha value is -3.58. The van der Waals surface area contributed by atoms with Gasteiger partial charge in [0, 0.05) is 6.20 Å². The van der Waals surface area contributed by atoms with Crippen molar-refractivity contribution in [3.63, 3.8) is 0 Å². The van der Waals surface area contributed by atoms with Crippen LogP contribution >= 0.6 is 11.6 Å². The smallest absolute Gasteiger partial charge is 0.338 e. The SMILES string of the molecule is O=C(N=Nc1ccc(NOC(=O)c2ccccc2Cl)cc1)c1ccccn1. The van der Waals surface area contributed by atoms with Gasteiger partial charge in [-0.25, -0.2) is 10.3 Å². The van der Waals surface area contributed by atoms with Gasteiger partial charge in [-0.1, -0.05) is 29.8 Å². The lowest BCUT2D eigenvalue weighted by molar-refractivity contribution is 0.0596. The molecule has 1 amide bonds. The van der Waals surface area contributed by atoms with Gasteiger partial charge in [-0.15, -0.1) is 10.2 Å². The second kappa shape index (κ2) is 8.68. The highest BCUT2D eigenvalue weighted by Crippen LogP contribution is 2.19. The molecule has 1 aromatic heterocycles. The predicted molar refractivity (Wildman–Crippen MR) is 100 cm³/mol. The molecule has 0 unspecified atom stereocenters. The number of hydrogen-bond donors (Lipinski definition) is 1. The van der Waals surface area contributed by atoms with E-state index in [0.717, 1.165) is 0 Å². The van der Waals surface area contributed by atoms with E-state index in [2.05, 4.69) is 20.7 Å². The number of carbonyl (C=O) groups is 2. The van der Waals surface area contributed by atoms with Gasteiger partial charge >= 0.3 is 11.9 Å². The molecular weight excluding hydrogens is 368 g/mol. The van der Waals surface area contributed by atoms with Crippen LogP contribution in [0.1, 0.15) is 20.8 Å². The van der Waals surface area contributed by atoms with Crippen LogP contribution in [0, 0.1) is 0 Å². The highest BCUT2D eigenvalue weighted by Gasteiger charge is 2.11. The van der Waals surface area contributed by atoms with Gasteiger partial charge in [0.15, 0.2) is 0 Å². The maximum atomic E-state index is 12.0. The minimum absolute atomic E-state index is 0.214. The van der Waals surface area contributed by atoms with E-state index < -0.39 is 11.9 Å². The van der Waals surface area contributed by atoms with Crippen LogP contribution in [0.15, 0.2) is 83.2 Å². The summed E-state index contributed by atoms with van der Waals surface area (Å²) in [5.41, 5.74) is 3.98. The summed E-state index contributed by atoms with van der Waals surface area (Å²) >= 11 is 5.94. The van der Waals surface area contributed by atoms with E-state index in [1.165, 1.54) is 6.20 Å². The van der Waals surface area contributed by atoms with E-state index in [-0.39, 0.29) is 11.3 Å². The lowest BCUT2D eigenvalue weighted by Crippen LogP contribution is -2.11. The summed E-state index contributed by atoms with van der Waals surface area (Å²) in [4.78, 5) is 32.7. The number of halogens is 1. The molecule has 3 rings (SSSR count). The fraction of sp³-hybridized carbons (Fsp3) is 0. The van der Waals surface area contributed by atoms with Crippen molar-refractivity contribution in [2.24, 2.45) is 10.2 Å². The van der Waals surface area contributed by atoms with Crippen LogP contribution in [0.3, 0.4) is 0 Å². The van der Waals surface area contributed by atoms with Crippen molar-refractivity contribution >= 4 is 34.9 Å².